The normalized spacial score (nSPS) is 18.2. The number of hydrogen-bond acceptors (Lipinski definition) is 1. The number of rotatable bonds is 4. The summed E-state index contributed by atoms with van der Waals surface area (Å²) in [6.07, 6.45) is 7.05. The smallest absolute Gasteiger partial charge is 0.0716 e. The quantitative estimate of drug-likeness (QED) is 0.173. The SMILES string of the molecule is CC1(C)C2=C(C=CCC2)C2(c3ccc(-c4ccc5c(c4)C(C)(C)c4ccccc4-5)cc3-c3c(-c4cc(-c5ccccc5)nc(-c5ccccc5)c4)cccc32)c2ccccc21. The van der Waals surface area contributed by atoms with Crippen molar-refractivity contribution in [3.63, 3.8) is 0 Å². The fraction of sp³-hybridized carbons (Fsp3) is 0.150. The second-order valence-corrected chi connectivity index (χ2v) is 18.5. The Hall–Kier alpha value is -6.83. The first kappa shape index (κ1) is 36.1. The zero-order chi connectivity index (χ0) is 41.1. The first-order valence-electron chi connectivity index (χ1n) is 21.9. The molecular formula is C60H47N. The molecule has 1 atom stereocenters. The van der Waals surface area contributed by atoms with Gasteiger partial charge in [0.15, 0.2) is 0 Å². The van der Waals surface area contributed by atoms with E-state index in [1.54, 1.807) is 5.57 Å². The van der Waals surface area contributed by atoms with E-state index in [0.29, 0.717) is 0 Å². The molecule has 1 unspecified atom stereocenters. The van der Waals surface area contributed by atoms with E-state index in [4.69, 9.17) is 4.98 Å². The second kappa shape index (κ2) is 13.1. The first-order valence-corrected chi connectivity index (χ1v) is 21.9. The lowest BCUT2D eigenvalue weighted by Gasteiger charge is -2.48. The highest BCUT2D eigenvalue weighted by Crippen LogP contribution is 2.65. The van der Waals surface area contributed by atoms with Gasteiger partial charge in [0.2, 0.25) is 0 Å². The average Bonchev–Trinajstić information content (AvgIpc) is 3.74. The zero-order valence-electron chi connectivity index (χ0n) is 35.3. The summed E-state index contributed by atoms with van der Waals surface area (Å²) < 4.78 is 0. The summed E-state index contributed by atoms with van der Waals surface area (Å²) in [4.78, 5) is 5.31. The maximum Gasteiger partial charge on any atom is 0.0716 e. The fourth-order valence-electron chi connectivity index (χ4n) is 11.8. The van der Waals surface area contributed by atoms with Crippen molar-refractivity contribution in [2.45, 2.75) is 56.8 Å². The molecule has 4 aliphatic carbocycles. The first-order chi connectivity index (χ1) is 29.8. The standard InChI is InChI=1S/C60H47N/c1-58(2)47-24-12-11-22-44(47)45-32-30-41(35-54(45)58)40-31-33-48-46(34-40)57-43(42-36-55(38-18-7-5-8-19-38)61-56(37-42)39-20-9-6-10-21-39)23-17-29-53(57)60(48)51-27-15-13-25-49(51)59(3,4)50-26-14-16-28-52(50)60/h5-13,15-25,27-37H,14,26H2,1-4H3. The van der Waals surface area contributed by atoms with Crippen molar-refractivity contribution in [3.05, 3.63) is 233 Å². The van der Waals surface area contributed by atoms with Crippen molar-refractivity contribution in [2.75, 3.05) is 0 Å². The summed E-state index contributed by atoms with van der Waals surface area (Å²) in [6.45, 7) is 9.65. The summed E-state index contributed by atoms with van der Waals surface area (Å²) in [6, 6.07) is 65.9. The molecule has 0 amide bonds. The highest BCUT2D eigenvalue weighted by molar-refractivity contribution is 5.99. The highest BCUT2D eigenvalue weighted by Gasteiger charge is 2.54. The molecule has 0 bridgehead atoms. The van der Waals surface area contributed by atoms with E-state index in [-0.39, 0.29) is 10.8 Å². The van der Waals surface area contributed by atoms with Gasteiger partial charge in [-0.1, -0.05) is 197 Å². The Morgan fingerprint density at radius 2 is 0.984 bits per heavy atom. The molecule has 0 N–H and O–H groups in total. The minimum absolute atomic E-state index is 0.0778. The predicted octanol–water partition coefficient (Wildman–Crippen LogP) is 15.3. The van der Waals surface area contributed by atoms with Gasteiger partial charge in [-0.05, 0) is 121 Å². The van der Waals surface area contributed by atoms with Gasteiger partial charge in [-0.15, -0.1) is 0 Å². The Morgan fingerprint density at radius 3 is 1.72 bits per heavy atom. The van der Waals surface area contributed by atoms with Gasteiger partial charge in [0.05, 0.1) is 16.8 Å². The van der Waals surface area contributed by atoms with Crippen molar-refractivity contribution in [1.29, 1.82) is 0 Å². The van der Waals surface area contributed by atoms with E-state index in [9.17, 15) is 0 Å². The Morgan fingerprint density at radius 1 is 0.393 bits per heavy atom. The third-order valence-corrected chi connectivity index (χ3v) is 14.7. The summed E-state index contributed by atoms with van der Waals surface area (Å²) in [5, 5.41) is 0. The lowest BCUT2D eigenvalue weighted by atomic mass is 9.54. The van der Waals surface area contributed by atoms with Crippen molar-refractivity contribution >= 4 is 0 Å². The van der Waals surface area contributed by atoms with Crippen molar-refractivity contribution in [2.24, 2.45) is 0 Å². The Kier molecular flexibility index (Phi) is 7.73. The fourth-order valence-corrected chi connectivity index (χ4v) is 11.8. The van der Waals surface area contributed by atoms with Crippen LogP contribution in [-0.2, 0) is 16.2 Å². The molecule has 7 aromatic carbocycles. The molecule has 1 heterocycles. The number of pyridine rings is 1. The van der Waals surface area contributed by atoms with Gasteiger partial charge in [-0.2, -0.15) is 0 Å². The molecule has 0 aliphatic heterocycles. The molecule has 0 fully saturated rings. The second-order valence-electron chi connectivity index (χ2n) is 18.5. The maximum atomic E-state index is 5.31. The number of aromatic nitrogens is 1. The monoisotopic (exact) mass is 781 g/mol. The van der Waals surface area contributed by atoms with Crippen LogP contribution in [0.5, 0.6) is 0 Å². The molecule has 0 saturated heterocycles. The molecule has 0 radical (unpaired) electrons. The van der Waals surface area contributed by atoms with Crippen LogP contribution in [0.4, 0.5) is 0 Å². The van der Waals surface area contributed by atoms with Crippen LogP contribution >= 0.6 is 0 Å². The third kappa shape index (κ3) is 5.04. The van der Waals surface area contributed by atoms with Gasteiger partial charge in [0.1, 0.15) is 0 Å². The molecular weight excluding hydrogens is 735 g/mol. The summed E-state index contributed by atoms with van der Waals surface area (Å²) in [5.74, 6) is 0. The van der Waals surface area contributed by atoms with Crippen LogP contribution in [0.1, 0.15) is 73.9 Å². The van der Waals surface area contributed by atoms with Crippen molar-refractivity contribution in [1.82, 2.24) is 4.98 Å². The maximum absolute atomic E-state index is 5.31. The van der Waals surface area contributed by atoms with Crippen LogP contribution in [-0.4, -0.2) is 4.98 Å². The van der Waals surface area contributed by atoms with Crippen LogP contribution in [0.25, 0.3) is 67.0 Å². The minimum Gasteiger partial charge on any atom is -0.248 e. The molecule has 12 rings (SSSR count). The molecule has 1 spiro atoms. The molecule has 1 nitrogen and oxygen atoms in total. The number of nitrogens with zero attached hydrogens (tertiary/aromatic N) is 1. The predicted molar refractivity (Wildman–Crippen MR) is 254 cm³/mol. The molecule has 8 aromatic rings. The Balaban J connectivity index is 1.15. The van der Waals surface area contributed by atoms with E-state index in [1.165, 1.54) is 83.5 Å². The van der Waals surface area contributed by atoms with Gasteiger partial charge in [-0.25, -0.2) is 4.98 Å². The van der Waals surface area contributed by atoms with Gasteiger partial charge in [0.25, 0.3) is 0 Å². The average molecular weight is 782 g/mol. The van der Waals surface area contributed by atoms with Crippen molar-refractivity contribution in [3.8, 4) is 67.0 Å². The molecule has 0 saturated carbocycles. The molecule has 1 aromatic heterocycles. The van der Waals surface area contributed by atoms with E-state index in [2.05, 4.69) is 216 Å². The van der Waals surface area contributed by atoms with E-state index < -0.39 is 5.41 Å². The Labute approximate surface area is 359 Å². The summed E-state index contributed by atoms with van der Waals surface area (Å²) >= 11 is 0. The van der Waals surface area contributed by atoms with Gasteiger partial charge < -0.3 is 0 Å². The largest absolute Gasteiger partial charge is 0.248 e. The highest BCUT2D eigenvalue weighted by atomic mass is 14.7. The van der Waals surface area contributed by atoms with Gasteiger partial charge in [-0.3, -0.25) is 0 Å². The summed E-state index contributed by atoms with van der Waals surface area (Å²) in [5.41, 5.74) is 25.2. The van der Waals surface area contributed by atoms with Crippen LogP contribution in [0.3, 0.4) is 0 Å². The van der Waals surface area contributed by atoms with Crippen LogP contribution < -0.4 is 0 Å². The molecule has 4 aliphatic rings. The Bertz CT molecular complexity index is 3120. The van der Waals surface area contributed by atoms with Gasteiger partial charge >= 0.3 is 0 Å². The number of benzene rings is 7. The minimum atomic E-state index is -0.462. The van der Waals surface area contributed by atoms with Crippen LogP contribution in [0.15, 0.2) is 199 Å². The molecule has 292 valence electrons. The number of allylic oxidation sites excluding steroid dienone is 4. The number of fused-ring (bicyclic) bond motifs is 11. The van der Waals surface area contributed by atoms with Crippen LogP contribution in [0.2, 0.25) is 0 Å². The lowest BCUT2D eigenvalue weighted by Crippen LogP contribution is -2.41. The zero-order valence-corrected chi connectivity index (χ0v) is 35.3. The van der Waals surface area contributed by atoms with Gasteiger partial charge in [0, 0.05) is 22.0 Å². The molecule has 1 heteroatoms. The van der Waals surface area contributed by atoms with E-state index in [1.807, 2.05) is 0 Å². The topological polar surface area (TPSA) is 12.9 Å². The van der Waals surface area contributed by atoms with Crippen LogP contribution in [0, 0.1) is 0 Å². The summed E-state index contributed by atoms with van der Waals surface area (Å²) in [7, 11) is 0. The van der Waals surface area contributed by atoms with E-state index in [0.717, 1.165) is 35.4 Å². The van der Waals surface area contributed by atoms with E-state index >= 15 is 0 Å². The third-order valence-electron chi connectivity index (χ3n) is 14.7. The number of hydrogen-bond donors (Lipinski definition) is 0. The van der Waals surface area contributed by atoms with Crippen molar-refractivity contribution < 1.29 is 0 Å². The molecule has 61 heavy (non-hydrogen) atoms. The lowest BCUT2D eigenvalue weighted by molar-refractivity contribution is 0.524.